The lowest BCUT2D eigenvalue weighted by Crippen LogP contribution is -2.42. The predicted molar refractivity (Wildman–Crippen MR) is 210 cm³/mol. The first-order valence-electron chi connectivity index (χ1n) is 19.0. The van der Waals surface area contributed by atoms with E-state index in [0.29, 0.717) is 24.3 Å². The quantitative estimate of drug-likeness (QED) is 0.132. The van der Waals surface area contributed by atoms with E-state index in [9.17, 15) is 14.4 Å². The molecule has 0 saturated carbocycles. The first-order chi connectivity index (χ1) is 24.1. The third kappa shape index (κ3) is 21.2. The Kier molecular flexibility index (Phi) is 29.9. The fraction of sp³-hybridized carbons (Fsp3) is 0.625. The van der Waals surface area contributed by atoms with Gasteiger partial charge < -0.3 is 35.0 Å². The second-order valence-corrected chi connectivity index (χ2v) is 11.4. The van der Waals surface area contributed by atoms with Crippen LogP contribution >= 0.6 is 0 Å². The maximum atomic E-state index is 11.8. The van der Waals surface area contributed by atoms with Crippen molar-refractivity contribution < 1.29 is 29.0 Å². The van der Waals surface area contributed by atoms with Gasteiger partial charge in [0.1, 0.15) is 17.5 Å². The van der Waals surface area contributed by atoms with Crippen LogP contribution < -0.4 is 29.9 Å². The van der Waals surface area contributed by atoms with Crippen LogP contribution in [0.3, 0.4) is 0 Å². The van der Waals surface area contributed by atoms with Gasteiger partial charge in [0.2, 0.25) is 0 Å². The molecular formula is C40H70N4O6. The maximum absolute atomic E-state index is 11.8. The zero-order chi connectivity index (χ0) is 38.3. The summed E-state index contributed by atoms with van der Waals surface area (Å²) in [4.78, 5) is 39.3. The molecule has 0 unspecified atom stereocenters. The molecule has 0 aliphatic carbocycles. The Balaban J connectivity index is 0. The van der Waals surface area contributed by atoms with Crippen molar-refractivity contribution in [2.24, 2.45) is 0 Å². The molecule has 286 valence electrons. The van der Waals surface area contributed by atoms with Crippen LogP contribution in [0.5, 0.6) is 11.5 Å². The van der Waals surface area contributed by atoms with Gasteiger partial charge in [0.25, 0.3) is 0 Å². The molecule has 0 fully saturated rings. The maximum Gasteiger partial charge on any atom is 0.413 e. The van der Waals surface area contributed by atoms with E-state index in [4.69, 9.17) is 14.6 Å². The van der Waals surface area contributed by atoms with Gasteiger partial charge in [0.15, 0.2) is 0 Å². The average molecular weight is 703 g/mol. The molecule has 0 aromatic heterocycles. The minimum atomic E-state index is -1.06. The van der Waals surface area contributed by atoms with Gasteiger partial charge in [-0.05, 0) is 94.0 Å². The number of carboxylic acid groups (broad SMARTS) is 1. The Bertz CT molecular complexity index is 1120. The summed E-state index contributed by atoms with van der Waals surface area (Å²) < 4.78 is 10.5. The summed E-state index contributed by atoms with van der Waals surface area (Å²) in [5.41, 5.74) is 2.26. The van der Waals surface area contributed by atoms with Gasteiger partial charge >= 0.3 is 18.2 Å². The molecule has 2 amide bonds. The van der Waals surface area contributed by atoms with Crippen LogP contribution in [0.25, 0.3) is 0 Å². The van der Waals surface area contributed by atoms with E-state index in [-0.39, 0.29) is 12.1 Å². The van der Waals surface area contributed by atoms with Crippen molar-refractivity contribution in [1.82, 2.24) is 10.6 Å². The Morgan fingerprint density at radius 2 is 0.920 bits per heavy atom. The number of anilines is 2. The number of carboxylic acids is 1. The molecular weight excluding hydrogens is 632 g/mol. The summed E-state index contributed by atoms with van der Waals surface area (Å²) in [6, 6.07) is 14.2. The number of aliphatic carboxylic acids is 1. The van der Waals surface area contributed by atoms with Gasteiger partial charge in [-0.3, -0.25) is 0 Å². The summed E-state index contributed by atoms with van der Waals surface area (Å²) in [6.07, 6.45) is 6.27. The van der Waals surface area contributed by atoms with E-state index < -0.39 is 18.1 Å². The van der Waals surface area contributed by atoms with E-state index in [1.807, 2.05) is 77.9 Å². The summed E-state index contributed by atoms with van der Waals surface area (Å²) >= 11 is 0. The smallest absolute Gasteiger partial charge is 0.413 e. The highest BCUT2D eigenvalue weighted by Gasteiger charge is 2.20. The molecule has 0 spiro atoms. The number of ether oxygens (including phenoxy) is 2. The lowest BCUT2D eigenvalue weighted by Gasteiger charge is -2.23. The Hall–Kier alpha value is -3.95. The second kappa shape index (κ2) is 31.1. The van der Waals surface area contributed by atoms with E-state index in [1.54, 1.807) is 12.1 Å². The van der Waals surface area contributed by atoms with Gasteiger partial charge in [-0.15, -0.1) is 0 Å². The van der Waals surface area contributed by atoms with E-state index >= 15 is 0 Å². The number of nitrogens with zero attached hydrogens (tertiary/aromatic N) is 2. The van der Waals surface area contributed by atoms with Crippen molar-refractivity contribution in [3.8, 4) is 11.5 Å². The van der Waals surface area contributed by atoms with Gasteiger partial charge in [0, 0.05) is 43.6 Å². The van der Waals surface area contributed by atoms with Crippen molar-refractivity contribution in [2.75, 3.05) is 36.0 Å². The summed E-state index contributed by atoms with van der Waals surface area (Å²) in [6.45, 7) is 26.6. The third-order valence-electron chi connectivity index (χ3n) is 7.05. The van der Waals surface area contributed by atoms with Gasteiger partial charge in [-0.25, -0.2) is 14.4 Å². The zero-order valence-electron chi connectivity index (χ0n) is 33.1. The van der Waals surface area contributed by atoms with E-state index in [2.05, 4.69) is 55.1 Å². The normalized spacial score (nSPS) is 11.0. The molecule has 0 radical (unpaired) electrons. The van der Waals surface area contributed by atoms with Crippen molar-refractivity contribution in [3.05, 3.63) is 48.5 Å². The Labute approximate surface area is 304 Å². The minimum Gasteiger partial charge on any atom is -0.480 e. The van der Waals surface area contributed by atoms with Crippen LogP contribution in [0, 0.1) is 0 Å². The monoisotopic (exact) mass is 703 g/mol. The highest BCUT2D eigenvalue weighted by Crippen LogP contribution is 2.21. The zero-order valence-corrected chi connectivity index (χ0v) is 33.1. The minimum absolute atomic E-state index is 0.140. The summed E-state index contributed by atoms with van der Waals surface area (Å²) in [5, 5.41) is 14.3. The number of carbonyl (C=O) groups is 3. The second-order valence-electron chi connectivity index (χ2n) is 11.4. The van der Waals surface area contributed by atoms with E-state index in [0.717, 1.165) is 70.4 Å². The van der Waals surface area contributed by atoms with Gasteiger partial charge in [-0.2, -0.15) is 0 Å². The average Bonchev–Trinajstić information content (AvgIpc) is 3.10. The molecule has 10 nitrogen and oxygen atoms in total. The molecule has 2 atom stereocenters. The van der Waals surface area contributed by atoms with Crippen molar-refractivity contribution in [2.45, 2.75) is 140 Å². The molecule has 10 heteroatoms. The number of amides is 2. The number of rotatable bonds is 19. The van der Waals surface area contributed by atoms with Crippen molar-refractivity contribution in [1.29, 1.82) is 0 Å². The molecule has 0 aliphatic heterocycles. The lowest BCUT2D eigenvalue weighted by atomic mass is 10.2. The largest absolute Gasteiger partial charge is 0.480 e. The van der Waals surface area contributed by atoms with Crippen molar-refractivity contribution >= 4 is 29.5 Å². The molecule has 3 N–H and O–H groups in total. The first-order valence-corrected chi connectivity index (χ1v) is 19.0. The Morgan fingerprint density at radius 1 is 0.580 bits per heavy atom. The van der Waals surface area contributed by atoms with Crippen molar-refractivity contribution in [3.63, 3.8) is 0 Å². The molecule has 0 heterocycles. The molecule has 0 bridgehead atoms. The van der Waals surface area contributed by atoms with Crippen LogP contribution in [0.15, 0.2) is 48.5 Å². The number of carbonyl (C=O) groups excluding carboxylic acids is 2. The number of hydrogen-bond donors (Lipinski definition) is 3. The number of nitrogens with one attached hydrogen (secondary N) is 2. The summed E-state index contributed by atoms with van der Waals surface area (Å²) in [7, 11) is 0. The topological polar surface area (TPSA) is 120 Å². The predicted octanol–water partition coefficient (Wildman–Crippen LogP) is 10.3. The standard InChI is InChI=1S/C18H28N2O4.C18H30N2O2.2C2H6/c1-4-7-16(17(21)22)19-18(23)24-15-10-8-14(9-11-15)20(12-5-2)13-6-3;1-5-8-15(4)19-18(21)22-17-11-9-16(10-12-17)20(13-6-2)14-7-3;2*1-2/h8-11,16H,4-7,12-13H2,1-3H3,(H,19,23)(H,21,22);9-12,15H,5-8,13-14H2,1-4H3,(H,19,21);2*1-2H3/t16-;15-;;/m01../s1. The molecule has 2 rings (SSSR count). The lowest BCUT2D eigenvalue weighted by molar-refractivity contribution is -0.139. The van der Waals surface area contributed by atoms with Crippen LogP contribution in [0.1, 0.15) is 128 Å². The first kappa shape index (κ1) is 48.2. The van der Waals surface area contributed by atoms with Gasteiger partial charge in [0.05, 0.1) is 0 Å². The van der Waals surface area contributed by atoms with Crippen LogP contribution in [-0.2, 0) is 4.79 Å². The fourth-order valence-electron chi connectivity index (χ4n) is 4.94. The number of benzene rings is 2. The number of hydrogen-bond acceptors (Lipinski definition) is 7. The summed E-state index contributed by atoms with van der Waals surface area (Å²) in [5.74, 6) is -0.0818. The highest BCUT2D eigenvalue weighted by atomic mass is 16.6. The highest BCUT2D eigenvalue weighted by molar-refractivity contribution is 5.80. The van der Waals surface area contributed by atoms with E-state index in [1.165, 1.54) is 5.69 Å². The SMILES string of the molecule is CC.CC.CCC[C@@H](C)NC(=O)Oc1ccc(N(CCC)CCC)cc1.CCC[C@H](NC(=O)Oc1ccc(N(CCC)CCC)cc1)C(=O)O. The van der Waals surface area contributed by atoms with Crippen LogP contribution in [0.4, 0.5) is 21.0 Å². The Morgan fingerprint density at radius 3 is 1.22 bits per heavy atom. The molecule has 2 aromatic carbocycles. The van der Waals surface area contributed by atoms with Gasteiger partial charge in [-0.1, -0.05) is 82.1 Å². The third-order valence-corrected chi connectivity index (χ3v) is 7.05. The fourth-order valence-corrected chi connectivity index (χ4v) is 4.94. The molecule has 2 aromatic rings. The molecule has 0 saturated heterocycles. The van der Waals surface area contributed by atoms with Crippen LogP contribution in [-0.4, -0.2) is 61.5 Å². The van der Waals surface area contributed by atoms with Crippen LogP contribution in [0.2, 0.25) is 0 Å². The molecule has 0 aliphatic rings. The molecule has 50 heavy (non-hydrogen) atoms.